The van der Waals surface area contributed by atoms with Crippen LogP contribution in [0.5, 0.6) is 0 Å². The maximum atomic E-state index is 10.8. The van der Waals surface area contributed by atoms with Gasteiger partial charge in [-0.3, -0.25) is 19.4 Å². The molecule has 1 aliphatic heterocycles. The molecule has 0 spiro atoms. The predicted octanol–water partition coefficient (Wildman–Crippen LogP) is -2.05. The molecule has 1 heterocycles. The second-order valence-electron chi connectivity index (χ2n) is 4.84. The van der Waals surface area contributed by atoms with Gasteiger partial charge in [0, 0.05) is 69.4 Å². The van der Waals surface area contributed by atoms with Gasteiger partial charge in [0.15, 0.2) is 0 Å². The molecule has 1 saturated heterocycles. The van der Waals surface area contributed by atoms with Crippen molar-refractivity contribution in [1.82, 2.24) is 20.4 Å². The Bertz CT molecular complexity index is 290. The maximum absolute atomic E-state index is 10.8. The zero-order valence-electron chi connectivity index (χ0n) is 12.1. The molecule has 1 rings (SSSR count). The minimum Gasteiger partial charge on any atom is -0.480 e. The van der Waals surface area contributed by atoms with E-state index in [-0.39, 0.29) is 30.2 Å². The minimum atomic E-state index is -0.858. The Hall–Kier alpha value is -0.701. The number of nitrogens with zero attached hydrogens (tertiary/aromatic N) is 2. The second-order valence-corrected chi connectivity index (χ2v) is 4.84. The van der Waals surface area contributed by atoms with Gasteiger partial charge in [-0.1, -0.05) is 0 Å². The molecule has 21 heavy (non-hydrogen) atoms. The fraction of sp³-hybridized carbons (Fsp3) is 0.833. The zero-order chi connectivity index (χ0) is 14.8. The first kappa shape index (κ1) is 20.3. The number of hydrogen-bond donors (Lipinski definition) is 4. The van der Waals surface area contributed by atoms with E-state index < -0.39 is 11.9 Å². The van der Waals surface area contributed by atoms with Gasteiger partial charge in [-0.25, -0.2) is 0 Å². The Morgan fingerprint density at radius 3 is 1.48 bits per heavy atom. The number of nitrogens with one attached hydrogen (secondary N) is 2. The first-order valence-electron chi connectivity index (χ1n) is 6.87. The van der Waals surface area contributed by atoms with Crippen molar-refractivity contribution in [3.05, 3.63) is 0 Å². The summed E-state index contributed by atoms with van der Waals surface area (Å²) in [7, 11) is 0. The Morgan fingerprint density at radius 2 is 1.14 bits per heavy atom. The molecule has 0 aliphatic carbocycles. The molecule has 0 unspecified atom stereocenters. The molecule has 8 nitrogen and oxygen atoms in total. The van der Waals surface area contributed by atoms with Gasteiger partial charge in [-0.15, -0.1) is 0 Å². The molecule has 0 aromatic rings. The molecule has 0 saturated carbocycles. The molecule has 0 aromatic heterocycles. The van der Waals surface area contributed by atoms with Crippen LogP contribution < -0.4 is 10.6 Å². The van der Waals surface area contributed by atoms with Crippen LogP contribution in [0.3, 0.4) is 0 Å². The summed E-state index contributed by atoms with van der Waals surface area (Å²) in [6.45, 7) is 5.48. The van der Waals surface area contributed by atoms with Gasteiger partial charge in [0.05, 0.1) is 13.1 Å². The summed E-state index contributed by atoms with van der Waals surface area (Å²) in [6, 6.07) is 0. The molecule has 9 heteroatoms. The monoisotopic (exact) mass is 343 g/mol. The van der Waals surface area contributed by atoms with Gasteiger partial charge in [0.2, 0.25) is 0 Å². The number of carbonyl (C=O) groups is 2. The van der Waals surface area contributed by atoms with Crippen LogP contribution in [0, 0.1) is 0 Å². The van der Waals surface area contributed by atoms with Gasteiger partial charge in [0.1, 0.15) is 0 Å². The van der Waals surface area contributed by atoms with Crippen molar-refractivity contribution in [2.75, 3.05) is 65.4 Å². The van der Waals surface area contributed by atoms with E-state index in [0.29, 0.717) is 26.2 Å². The van der Waals surface area contributed by atoms with Crippen LogP contribution in [0.4, 0.5) is 0 Å². The molecule has 123 valence electrons. The van der Waals surface area contributed by atoms with Crippen molar-refractivity contribution >= 4 is 11.9 Å². The van der Waals surface area contributed by atoms with Gasteiger partial charge < -0.3 is 20.8 Å². The molecule has 1 radical (unpaired) electrons. The summed E-state index contributed by atoms with van der Waals surface area (Å²) < 4.78 is 0. The summed E-state index contributed by atoms with van der Waals surface area (Å²) >= 11 is 0. The normalized spacial score (nSPS) is 19.8. The minimum absolute atomic E-state index is 0. The van der Waals surface area contributed by atoms with Gasteiger partial charge in [-0.2, -0.15) is 0 Å². The van der Waals surface area contributed by atoms with E-state index >= 15 is 0 Å². The van der Waals surface area contributed by atoms with Crippen LogP contribution in [-0.2, 0) is 26.7 Å². The number of hydrogen-bond acceptors (Lipinski definition) is 6. The largest absolute Gasteiger partial charge is 0.480 e. The smallest absolute Gasteiger partial charge is 0.317 e. The number of carboxylic acids is 2. The van der Waals surface area contributed by atoms with E-state index in [2.05, 4.69) is 10.6 Å². The Labute approximate surface area is 135 Å². The van der Waals surface area contributed by atoms with E-state index in [1.54, 1.807) is 0 Å². The van der Waals surface area contributed by atoms with Gasteiger partial charge in [0.25, 0.3) is 0 Å². The first-order chi connectivity index (χ1) is 9.58. The van der Waals surface area contributed by atoms with Crippen LogP contribution in [0.15, 0.2) is 0 Å². The van der Waals surface area contributed by atoms with E-state index in [4.69, 9.17) is 10.2 Å². The number of rotatable bonds is 4. The van der Waals surface area contributed by atoms with Crippen molar-refractivity contribution in [2.24, 2.45) is 0 Å². The molecule has 0 aromatic carbocycles. The summed E-state index contributed by atoms with van der Waals surface area (Å²) in [5, 5.41) is 24.3. The number of carboxylic acid groups (broad SMARTS) is 2. The average molecular weight is 343 g/mol. The second kappa shape index (κ2) is 11.9. The molecule has 4 N–H and O–H groups in total. The van der Waals surface area contributed by atoms with Crippen LogP contribution in [0.25, 0.3) is 0 Å². The van der Waals surface area contributed by atoms with E-state index in [1.807, 2.05) is 9.80 Å². The van der Waals surface area contributed by atoms with Crippen molar-refractivity contribution in [3.8, 4) is 0 Å². The Kier molecular flexibility index (Phi) is 11.5. The third kappa shape index (κ3) is 10.6. The van der Waals surface area contributed by atoms with Crippen LogP contribution in [-0.4, -0.2) is 97.4 Å². The summed E-state index contributed by atoms with van der Waals surface area (Å²) in [5.41, 5.74) is 0. The number of aliphatic carboxylic acids is 2. The Morgan fingerprint density at radius 1 is 0.762 bits per heavy atom. The average Bonchev–Trinajstić information content (AvgIpc) is 2.34. The van der Waals surface area contributed by atoms with Gasteiger partial charge >= 0.3 is 11.9 Å². The van der Waals surface area contributed by atoms with E-state index in [9.17, 15) is 9.59 Å². The van der Waals surface area contributed by atoms with Crippen molar-refractivity contribution in [1.29, 1.82) is 0 Å². The molecule has 0 bridgehead atoms. The van der Waals surface area contributed by atoms with Crippen molar-refractivity contribution in [3.63, 3.8) is 0 Å². The standard InChI is InChI=1S/C12H24N4O4.Mn/c17-11(18)9-15-5-3-13-1-2-14-4-6-16(8-7-15)10-12(19)20;/h13-14H,1-10H2,(H,17,18)(H,19,20);. The Balaban J connectivity index is 0.00000400. The first-order valence-corrected chi connectivity index (χ1v) is 6.87. The molecule has 1 fully saturated rings. The SMILES string of the molecule is O=C(O)CN1CCNCCNCCN(CC(=O)O)CC1.[Mn]. The van der Waals surface area contributed by atoms with Crippen LogP contribution in [0.2, 0.25) is 0 Å². The van der Waals surface area contributed by atoms with Crippen molar-refractivity contribution < 1.29 is 36.9 Å². The summed E-state index contributed by atoms with van der Waals surface area (Å²) in [5.74, 6) is -1.72. The fourth-order valence-electron chi connectivity index (χ4n) is 2.11. The fourth-order valence-corrected chi connectivity index (χ4v) is 2.11. The van der Waals surface area contributed by atoms with Crippen molar-refractivity contribution in [2.45, 2.75) is 0 Å². The summed E-state index contributed by atoms with van der Waals surface area (Å²) in [6.07, 6.45) is 0. The third-order valence-corrected chi connectivity index (χ3v) is 3.14. The molecular weight excluding hydrogens is 319 g/mol. The van der Waals surface area contributed by atoms with Crippen LogP contribution >= 0.6 is 0 Å². The maximum Gasteiger partial charge on any atom is 0.317 e. The summed E-state index contributed by atoms with van der Waals surface area (Å²) in [4.78, 5) is 25.3. The zero-order valence-corrected chi connectivity index (χ0v) is 13.2. The topological polar surface area (TPSA) is 105 Å². The predicted molar refractivity (Wildman–Crippen MR) is 73.9 cm³/mol. The van der Waals surface area contributed by atoms with E-state index in [0.717, 1.165) is 26.2 Å². The van der Waals surface area contributed by atoms with E-state index in [1.165, 1.54) is 0 Å². The van der Waals surface area contributed by atoms with Gasteiger partial charge in [-0.05, 0) is 0 Å². The molecule has 0 amide bonds. The molecular formula is C12H24MnN4O4. The molecule has 0 atom stereocenters. The quantitative estimate of drug-likeness (QED) is 0.433. The third-order valence-electron chi connectivity index (χ3n) is 3.14. The van der Waals surface area contributed by atoms with Crippen LogP contribution in [0.1, 0.15) is 0 Å². The molecule has 1 aliphatic rings.